The summed E-state index contributed by atoms with van der Waals surface area (Å²) in [6, 6.07) is 8.58. The first-order chi connectivity index (χ1) is 9.86. The molecule has 1 amide bonds. The number of benzene rings is 1. The Morgan fingerprint density at radius 1 is 1.43 bits per heavy atom. The zero-order chi connectivity index (χ0) is 15.9. The fourth-order valence-corrected chi connectivity index (χ4v) is 1.67. The molecule has 0 aliphatic carbocycles. The van der Waals surface area contributed by atoms with E-state index in [0.717, 1.165) is 5.56 Å². The Balaban J connectivity index is 2.47. The van der Waals surface area contributed by atoms with Crippen molar-refractivity contribution in [2.24, 2.45) is 5.73 Å². The van der Waals surface area contributed by atoms with Crippen LogP contribution in [0, 0.1) is 0 Å². The molecule has 0 aliphatic heterocycles. The lowest BCUT2D eigenvalue weighted by Crippen LogP contribution is -2.55. The van der Waals surface area contributed by atoms with Crippen LogP contribution in [0.1, 0.15) is 25.8 Å². The number of hydrogen-bond donors (Lipinski definition) is 2. The predicted molar refractivity (Wildman–Crippen MR) is 81.2 cm³/mol. The van der Waals surface area contributed by atoms with Gasteiger partial charge >= 0.3 is 5.97 Å². The van der Waals surface area contributed by atoms with Crippen molar-refractivity contribution >= 4 is 11.9 Å². The molecule has 1 aromatic rings. The molecule has 5 nitrogen and oxygen atoms in total. The standard InChI is InChI=1S/C16H22N2O3/c1-4-10-16(3,17)15(20)18-12(2)14(19)21-11-13-8-6-5-7-9-13/h4-9,12H,1,10-11,17H2,2-3H3,(H,18,20)/t12-,16-/m0/s1. The SMILES string of the molecule is C=CC[C@](C)(N)C(=O)N[C@@H](C)C(=O)OCc1ccccc1. The number of ether oxygens (including phenoxy) is 1. The maximum absolute atomic E-state index is 12.0. The molecule has 1 rings (SSSR count). The van der Waals surface area contributed by atoms with Crippen molar-refractivity contribution in [2.75, 3.05) is 0 Å². The van der Waals surface area contributed by atoms with E-state index in [0.29, 0.717) is 6.42 Å². The highest BCUT2D eigenvalue weighted by Gasteiger charge is 2.29. The highest BCUT2D eigenvalue weighted by molar-refractivity contribution is 5.90. The highest BCUT2D eigenvalue weighted by atomic mass is 16.5. The van der Waals surface area contributed by atoms with Crippen LogP contribution < -0.4 is 11.1 Å². The zero-order valence-corrected chi connectivity index (χ0v) is 12.5. The van der Waals surface area contributed by atoms with Gasteiger partial charge in [-0.05, 0) is 25.8 Å². The lowest BCUT2D eigenvalue weighted by atomic mass is 9.98. The summed E-state index contributed by atoms with van der Waals surface area (Å²) in [4.78, 5) is 23.8. The third-order valence-electron chi connectivity index (χ3n) is 3.01. The molecule has 0 unspecified atom stereocenters. The second kappa shape index (κ2) is 7.59. The summed E-state index contributed by atoms with van der Waals surface area (Å²) >= 11 is 0. The van der Waals surface area contributed by atoms with Gasteiger partial charge in [-0.25, -0.2) is 4.79 Å². The van der Waals surface area contributed by atoms with Gasteiger partial charge in [0.25, 0.3) is 0 Å². The molecule has 3 N–H and O–H groups in total. The summed E-state index contributed by atoms with van der Waals surface area (Å²) in [5.74, 6) is -0.909. The van der Waals surface area contributed by atoms with Crippen LogP contribution in [0.25, 0.3) is 0 Å². The van der Waals surface area contributed by atoms with Crippen LogP contribution >= 0.6 is 0 Å². The largest absolute Gasteiger partial charge is 0.459 e. The maximum Gasteiger partial charge on any atom is 0.328 e. The molecule has 0 bridgehead atoms. The lowest BCUT2D eigenvalue weighted by Gasteiger charge is -2.24. The van der Waals surface area contributed by atoms with Gasteiger partial charge in [-0.15, -0.1) is 6.58 Å². The van der Waals surface area contributed by atoms with E-state index in [9.17, 15) is 9.59 Å². The zero-order valence-electron chi connectivity index (χ0n) is 12.5. The third kappa shape index (κ3) is 5.39. The van der Waals surface area contributed by atoms with Gasteiger partial charge in [0.15, 0.2) is 0 Å². The van der Waals surface area contributed by atoms with Crippen molar-refractivity contribution in [2.45, 2.75) is 38.5 Å². The van der Waals surface area contributed by atoms with Crippen molar-refractivity contribution in [1.29, 1.82) is 0 Å². The minimum atomic E-state index is -1.09. The van der Waals surface area contributed by atoms with E-state index in [4.69, 9.17) is 10.5 Å². The number of hydrogen-bond acceptors (Lipinski definition) is 4. The summed E-state index contributed by atoms with van der Waals surface area (Å²) in [7, 11) is 0. The number of esters is 1. The number of rotatable bonds is 7. The van der Waals surface area contributed by atoms with Crippen LogP contribution in [-0.4, -0.2) is 23.5 Å². The van der Waals surface area contributed by atoms with Crippen LogP contribution in [0.3, 0.4) is 0 Å². The topological polar surface area (TPSA) is 81.4 Å². The Labute approximate surface area is 125 Å². The van der Waals surface area contributed by atoms with Crippen LogP contribution in [0.15, 0.2) is 43.0 Å². The molecule has 21 heavy (non-hydrogen) atoms. The number of nitrogens with one attached hydrogen (secondary N) is 1. The van der Waals surface area contributed by atoms with Gasteiger partial charge in [0, 0.05) is 0 Å². The molecule has 5 heteroatoms. The van der Waals surface area contributed by atoms with Gasteiger partial charge in [-0.2, -0.15) is 0 Å². The Bertz CT molecular complexity index is 498. The molecular formula is C16H22N2O3. The summed E-state index contributed by atoms with van der Waals surface area (Å²) in [6.07, 6.45) is 1.89. The average molecular weight is 290 g/mol. The second-order valence-electron chi connectivity index (χ2n) is 5.20. The Kier molecular flexibility index (Phi) is 6.11. The van der Waals surface area contributed by atoms with E-state index in [-0.39, 0.29) is 6.61 Å². The van der Waals surface area contributed by atoms with E-state index in [1.54, 1.807) is 19.9 Å². The molecule has 0 radical (unpaired) electrons. The molecule has 0 heterocycles. The van der Waals surface area contributed by atoms with Gasteiger partial charge in [-0.1, -0.05) is 36.4 Å². The van der Waals surface area contributed by atoms with Gasteiger partial charge in [0.2, 0.25) is 5.91 Å². The number of carbonyl (C=O) groups is 2. The molecule has 0 saturated carbocycles. The van der Waals surface area contributed by atoms with E-state index >= 15 is 0 Å². The minimum Gasteiger partial charge on any atom is -0.459 e. The Morgan fingerprint density at radius 3 is 2.62 bits per heavy atom. The first-order valence-corrected chi connectivity index (χ1v) is 6.78. The lowest BCUT2D eigenvalue weighted by molar-refractivity contribution is -0.149. The fraction of sp³-hybridized carbons (Fsp3) is 0.375. The van der Waals surface area contributed by atoms with Crippen LogP contribution in [0.4, 0.5) is 0 Å². The maximum atomic E-state index is 12.0. The van der Waals surface area contributed by atoms with Crippen LogP contribution in [0.5, 0.6) is 0 Å². The molecule has 0 fully saturated rings. The average Bonchev–Trinajstić information content (AvgIpc) is 2.45. The molecule has 0 spiro atoms. The number of nitrogens with two attached hydrogens (primary N) is 1. The highest BCUT2D eigenvalue weighted by Crippen LogP contribution is 2.07. The molecular weight excluding hydrogens is 268 g/mol. The number of amides is 1. The minimum absolute atomic E-state index is 0.173. The monoisotopic (exact) mass is 290 g/mol. The van der Waals surface area contributed by atoms with Crippen molar-refractivity contribution in [3.8, 4) is 0 Å². The summed E-state index contributed by atoms with van der Waals surface area (Å²) < 4.78 is 5.15. The molecule has 0 aliphatic rings. The van der Waals surface area contributed by atoms with E-state index in [1.807, 2.05) is 30.3 Å². The Morgan fingerprint density at radius 2 is 2.05 bits per heavy atom. The second-order valence-corrected chi connectivity index (χ2v) is 5.20. The fourth-order valence-electron chi connectivity index (χ4n) is 1.67. The normalized spacial score (nSPS) is 14.6. The first kappa shape index (κ1) is 16.9. The predicted octanol–water partition coefficient (Wildman–Crippen LogP) is 1.53. The molecule has 1 aromatic carbocycles. The quantitative estimate of drug-likeness (QED) is 0.589. The first-order valence-electron chi connectivity index (χ1n) is 6.78. The van der Waals surface area contributed by atoms with Gasteiger partial charge in [-0.3, -0.25) is 4.79 Å². The van der Waals surface area contributed by atoms with E-state index < -0.39 is 23.5 Å². The van der Waals surface area contributed by atoms with Crippen LogP contribution in [0.2, 0.25) is 0 Å². The summed E-state index contributed by atoms with van der Waals surface area (Å²) in [5, 5.41) is 2.55. The van der Waals surface area contributed by atoms with Gasteiger partial charge < -0.3 is 15.8 Å². The van der Waals surface area contributed by atoms with Crippen molar-refractivity contribution in [3.63, 3.8) is 0 Å². The number of carbonyl (C=O) groups excluding carboxylic acids is 2. The van der Waals surface area contributed by atoms with Crippen LogP contribution in [-0.2, 0) is 20.9 Å². The molecule has 114 valence electrons. The van der Waals surface area contributed by atoms with Gasteiger partial charge in [0.1, 0.15) is 12.6 Å². The molecule has 0 aromatic heterocycles. The summed E-state index contributed by atoms with van der Waals surface area (Å²) in [5.41, 5.74) is 5.65. The van der Waals surface area contributed by atoms with E-state index in [2.05, 4.69) is 11.9 Å². The molecule has 0 saturated heterocycles. The van der Waals surface area contributed by atoms with Crippen molar-refractivity contribution < 1.29 is 14.3 Å². The Hall–Kier alpha value is -2.14. The van der Waals surface area contributed by atoms with E-state index in [1.165, 1.54) is 0 Å². The van der Waals surface area contributed by atoms with Gasteiger partial charge in [0.05, 0.1) is 5.54 Å². The van der Waals surface area contributed by atoms with Crippen molar-refractivity contribution in [1.82, 2.24) is 5.32 Å². The third-order valence-corrected chi connectivity index (χ3v) is 3.01. The van der Waals surface area contributed by atoms with Crippen molar-refractivity contribution in [3.05, 3.63) is 48.6 Å². The smallest absolute Gasteiger partial charge is 0.328 e. The molecule has 2 atom stereocenters. The summed E-state index contributed by atoms with van der Waals surface area (Å²) in [6.45, 7) is 6.88.